The number of nitrogens with one attached hydrogen (secondary N) is 2. The van der Waals surface area contributed by atoms with E-state index in [9.17, 15) is 18.8 Å². The van der Waals surface area contributed by atoms with Crippen molar-refractivity contribution >= 4 is 17.9 Å². The van der Waals surface area contributed by atoms with Gasteiger partial charge in [-0.05, 0) is 28.8 Å². The number of hydrogen-bond donors (Lipinski definition) is 3. The number of hydrogen-bond acceptors (Lipinski definition) is 4. The van der Waals surface area contributed by atoms with Gasteiger partial charge >= 0.3 is 6.09 Å². The predicted molar refractivity (Wildman–Crippen MR) is 125 cm³/mol. The largest absolute Gasteiger partial charge is 0.445 e. The molecule has 0 bridgehead atoms. The van der Waals surface area contributed by atoms with Crippen LogP contribution in [-0.4, -0.2) is 30.0 Å². The van der Waals surface area contributed by atoms with Gasteiger partial charge in [0.1, 0.15) is 24.5 Å². The van der Waals surface area contributed by atoms with E-state index in [2.05, 4.69) is 10.6 Å². The molecule has 4 N–H and O–H groups in total. The molecule has 3 rings (SSSR count). The average molecular weight is 464 g/mol. The van der Waals surface area contributed by atoms with Crippen LogP contribution in [0.5, 0.6) is 0 Å². The molecule has 0 radical (unpaired) electrons. The SMILES string of the molecule is NC(=O)[C@H](Cc1ccccc1)NC(=O)[C@H](Cc1ccc(F)cc1)NC(=O)OCc1ccccc1. The van der Waals surface area contributed by atoms with Crippen molar-refractivity contribution in [3.63, 3.8) is 0 Å². The number of alkyl carbamates (subject to hydrolysis) is 1. The topological polar surface area (TPSA) is 111 Å². The summed E-state index contributed by atoms with van der Waals surface area (Å²) < 4.78 is 18.5. The minimum atomic E-state index is -1.08. The van der Waals surface area contributed by atoms with E-state index in [-0.39, 0.29) is 19.4 Å². The van der Waals surface area contributed by atoms with Crippen LogP contribution in [0.15, 0.2) is 84.9 Å². The van der Waals surface area contributed by atoms with Crippen molar-refractivity contribution in [2.24, 2.45) is 5.73 Å². The van der Waals surface area contributed by atoms with Crippen molar-refractivity contribution in [2.75, 3.05) is 0 Å². The van der Waals surface area contributed by atoms with Gasteiger partial charge < -0.3 is 21.1 Å². The first kappa shape index (κ1) is 24.4. The Morgan fingerprint density at radius 1 is 0.735 bits per heavy atom. The molecule has 0 aliphatic carbocycles. The van der Waals surface area contributed by atoms with Crippen molar-refractivity contribution in [2.45, 2.75) is 31.5 Å². The van der Waals surface area contributed by atoms with Gasteiger partial charge in [0.2, 0.25) is 11.8 Å². The van der Waals surface area contributed by atoms with Gasteiger partial charge in [-0.25, -0.2) is 9.18 Å². The van der Waals surface area contributed by atoms with Crippen molar-refractivity contribution in [3.8, 4) is 0 Å². The zero-order valence-corrected chi connectivity index (χ0v) is 18.4. The van der Waals surface area contributed by atoms with Crippen LogP contribution >= 0.6 is 0 Å². The van der Waals surface area contributed by atoms with E-state index < -0.39 is 35.8 Å². The summed E-state index contributed by atoms with van der Waals surface area (Å²) >= 11 is 0. The molecule has 0 spiro atoms. The van der Waals surface area contributed by atoms with Crippen molar-refractivity contribution in [1.29, 1.82) is 0 Å². The highest BCUT2D eigenvalue weighted by atomic mass is 19.1. The molecule has 176 valence electrons. The van der Waals surface area contributed by atoms with E-state index in [1.54, 1.807) is 12.1 Å². The van der Waals surface area contributed by atoms with Gasteiger partial charge in [0.05, 0.1) is 0 Å². The molecule has 3 aromatic rings. The molecule has 0 unspecified atom stereocenters. The Balaban J connectivity index is 1.70. The summed E-state index contributed by atoms with van der Waals surface area (Å²) in [6, 6.07) is 21.7. The molecule has 0 heterocycles. The second-order valence-electron chi connectivity index (χ2n) is 7.74. The maximum absolute atomic E-state index is 13.3. The van der Waals surface area contributed by atoms with Gasteiger partial charge in [0, 0.05) is 12.8 Å². The molecule has 0 aliphatic heterocycles. The summed E-state index contributed by atoms with van der Waals surface area (Å²) in [5, 5.41) is 5.16. The summed E-state index contributed by atoms with van der Waals surface area (Å²) in [7, 11) is 0. The number of benzene rings is 3. The second-order valence-corrected chi connectivity index (χ2v) is 7.74. The van der Waals surface area contributed by atoms with E-state index in [0.29, 0.717) is 5.56 Å². The molecule has 3 aromatic carbocycles. The lowest BCUT2D eigenvalue weighted by atomic mass is 10.0. The lowest BCUT2D eigenvalue weighted by molar-refractivity contribution is -0.128. The molecule has 0 aromatic heterocycles. The van der Waals surface area contributed by atoms with E-state index in [4.69, 9.17) is 10.5 Å². The normalized spacial score (nSPS) is 12.3. The Morgan fingerprint density at radius 3 is 1.85 bits per heavy atom. The molecular formula is C26H26FN3O4. The zero-order chi connectivity index (χ0) is 24.3. The Bertz CT molecular complexity index is 1090. The van der Waals surface area contributed by atoms with Crippen LogP contribution in [0.25, 0.3) is 0 Å². The average Bonchev–Trinajstić information content (AvgIpc) is 2.84. The number of nitrogens with two attached hydrogens (primary N) is 1. The highest BCUT2D eigenvalue weighted by Gasteiger charge is 2.26. The number of halogens is 1. The van der Waals surface area contributed by atoms with E-state index in [1.165, 1.54) is 24.3 Å². The molecule has 8 heteroatoms. The molecule has 2 atom stereocenters. The molecule has 34 heavy (non-hydrogen) atoms. The van der Waals surface area contributed by atoms with Gasteiger partial charge in [-0.15, -0.1) is 0 Å². The van der Waals surface area contributed by atoms with Gasteiger partial charge in [0.15, 0.2) is 0 Å². The summed E-state index contributed by atoms with van der Waals surface area (Å²) in [6.45, 7) is 0.0233. The van der Waals surface area contributed by atoms with Gasteiger partial charge in [-0.3, -0.25) is 9.59 Å². The number of ether oxygens (including phenoxy) is 1. The summed E-state index contributed by atoms with van der Waals surface area (Å²) in [6.07, 6.45) is -0.544. The smallest absolute Gasteiger partial charge is 0.408 e. The lowest BCUT2D eigenvalue weighted by Gasteiger charge is -2.22. The van der Waals surface area contributed by atoms with E-state index in [0.717, 1.165) is 11.1 Å². The molecule has 0 aliphatic rings. The lowest BCUT2D eigenvalue weighted by Crippen LogP contribution is -2.54. The first-order valence-electron chi connectivity index (χ1n) is 10.8. The fourth-order valence-corrected chi connectivity index (χ4v) is 3.32. The third kappa shape index (κ3) is 7.74. The molecular weight excluding hydrogens is 437 g/mol. The van der Waals surface area contributed by atoms with Crippen LogP contribution in [0.1, 0.15) is 16.7 Å². The highest BCUT2D eigenvalue weighted by molar-refractivity contribution is 5.91. The quantitative estimate of drug-likeness (QED) is 0.429. The van der Waals surface area contributed by atoms with Crippen LogP contribution in [0.3, 0.4) is 0 Å². The number of carbonyl (C=O) groups excluding carboxylic acids is 3. The molecule has 0 saturated heterocycles. The van der Waals surface area contributed by atoms with Gasteiger partial charge in [0.25, 0.3) is 0 Å². The first-order valence-corrected chi connectivity index (χ1v) is 10.8. The standard InChI is InChI=1S/C26H26FN3O4/c27-21-13-11-19(12-14-21)16-23(30-26(33)34-17-20-9-5-2-6-10-20)25(32)29-22(24(28)31)15-18-7-3-1-4-8-18/h1-14,22-23H,15-17H2,(H2,28,31)(H,29,32)(H,30,33)/t22-,23-/m0/s1. The summed E-state index contributed by atoms with van der Waals surface area (Å²) in [4.78, 5) is 37.5. The number of amides is 3. The molecule has 0 fully saturated rings. The third-order valence-electron chi connectivity index (χ3n) is 5.12. The first-order chi connectivity index (χ1) is 16.4. The molecule has 0 saturated carbocycles. The van der Waals surface area contributed by atoms with Crippen molar-refractivity contribution in [1.82, 2.24) is 10.6 Å². The summed E-state index contributed by atoms with van der Waals surface area (Å²) in [5.74, 6) is -1.73. The van der Waals surface area contributed by atoms with E-state index >= 15 is 0 Å². The van der Waals surface area contributed by atoms with Crippen LogP contribution < -0.4 is 16.4 Å². The molecule has 3 amide bonds. The fourth-order valence-electron chi connectivity index (χ4n) is 3.32. The van der Waals surface area contributed by atoms with Crippen LogP contribution in [0, 0.1) is 5.82 Å². The number of primary amides is 1. The van der Waals surface area contributed by atoms with Gasteiger partial charge in [-0.1, -0.05) is 72.8 Å². The van der Waals surface area contributed by atoms with E-state index in [1.807, 2.05) is 48.5 Å². The van der Waals surface area contributed by atoms with Crippen LogP contribution in [0.2, 0.25) is 0 Å². The zero-order valence-electron chi connectivity index (χ0n) is 18.4. The maximum Gasteiger partial charge on any atom is 0.408 e. The number of rotatable bonds is 10. The van der Waals surface area contributed by atoms with Crippen molar-refractivity contribution < 1.29 is 23.5 Å². The highest BCUT2D eigenvalue weighted by Crippen LogP contribution is 2.09. The van der Waals surface area contributed by atoms with Gasteiger partial charge in [-0.2, -0.15) is 0 Å². The Kier molecular flexibility index (Phi) is 8.73. The minimum absolute atomic E-state index is 0.0233. The summed E-state index contributed by atoms with van der Waals surface area (Å²) in [5.41, 5.74) is 7.73. The second kappa shape index (κ2) is 12.2. The fraction of sp³-hybridized carbons (Fsp3) is 0.192. The third-order valence-corrected chi connectivity index (χ3v) is 5.12. The Labute approximate surface area is 197 Å². The van der Waals surface area contributed by atoms with Crippen molar-refractivity contribution in [3.05, 3.63) is 107 Å². The Hall–Kier alpha value is -4.20. The number of carbonyl (C=O) groups is 3. The van der Waals surface area contributed by atoms with Crippen LogP contribution in [0.4, 0.5) is 9.18 Å². The predicted octanol–water partition coefficient (Wildman–Crippen LogP) is 2.88. The molecule has 7 nitrogen and oxygen atoms in total. The minimum Gasteiger partial charge on any atom is -0.445 e. The Morgan fingerprint density at radius 2 is 1.26 bits per heavy atom. The van der Waals surface area contributed by atoms with Crippen LogP contribution in [-0.2, 0) is 33.8 Å². The monoisotopic (exact) mass is 463 g/mol. The maximum atomic E-state index is 13.3.